The molecule has 1 saturated heterocycles. The number of carbonyl (C=O) groups is 2. The first kappa shape index (κ1) is 31.2. The maximum Gasteiger partial charge on any atom is 0.244 e. The number of nitrogens with one attached hydrogen (secondary N) is 1. The SMILES string of the molecule is C=C.O=C(CCCN1C(=O)CN=C(C2CCCCC2)C2C=CC=CC21)Nc1ccc(N2CCN(c3ccncc3)CC2)cc1. The number of piperazine rings is 1. The van der Waals surface area contributed by atoms with Crippen LogP contribution in [-0.4, -0.2) is 72.7 Å². The number of allylic oxidation sites excluding steroid dienone is 2. The molecule has 1 aromatic carbocycles. The Morgan fingerprint density at radius 2 is 1.50 bits per heavy atom. The predicted octanol–water partition coefficient (Wildman–Crippen LogP) is 5.90. The summed E-state index contributed by atoms with van der Waals surface area (Å²) in [5.74, 6) is 0.679. The number of rotatable bonds is 8. The fourth-order valence-corrected chi connectivity index (χ4v) is 6.93. The second-order valence-electron chi connectivity index (χ2n) is 11.8. The smallest absolute Gasteiger partial charge is 0.244 e. The lowest BCUT2D eigenvalue weighted by Gasteiger charge is -2.37. The molecule has 0 radical (unpaired) electrons. The van der Waals surface area contributed by atoms with E-state index in [2.05, 4.69) is 75.8 Å². The van der Waals surface area contributed by atoms with Crippen LogP contribution >= 0.6 is 0 Å². The first-order valence-electron chi connectivity index (χ1n) is 16.1. The van der Waals surface area contributed by atoms with Gasteiger partial charge in [-0.05, 0) is 61.6 Å². The summed E-state index contributed by atoms with van der Waals surface area (Å²) < 4.78 is 0. The normalized spacial score (nSPS) is 22.0. The van der Waals surface area contributed by atoms with Gasteiger partial charge in [0.1, 0.15) is 6.54 Å². The van der Waals surface area contributed by atoms with Crippen LogP contribution in [0.2, 0.25) is 0 Å². The number of carbonyl (C=O) groups excluding carboxylic acids is 2. The average molecular weight is 595 g/mol. The van der Waals surface area contributed by atoms with E-state index in [-0.39, 0.29) is 30.3 Å². The van der Waals surface area contributed by atoms with Gasteiger partial charge < -0.3 is 20.0 Å². The number of amides is 2. The van der Waals surface area contributed by atoms with Crippen LogP contribution in [0.25, 0.3) is 0 Å². The van der Waals surface area contributed by atoms with E-state index in [1.54, 1.807) is 0 Å². The molecule has 8 nitrogen and oxygen atoms in total. The molecule has 232 valence electrons. The molecule has 4 aliphatic rings. The predicted molar refractivity (Wildman–Crippen MR) is 180 cm³/mol. The van der Waals surface area contributed by atoms with Gasteiger partial charge in [-0.2, -0.15) is 0 Å². The van der Waals surface area contributed by atoms with Crippen molar-refractivity contribution in [2.24, 2.45) is 16.8 Å². The maximum absolute atomic E-state index is 13.2. The molecular formula is C36H46N6O2. The summed E-state index contributed by atoms with van der Waals surface area (Å²) in [6, 6.07) is 12.2. The molecule has 2 aliphatic heterocycles. The topological polar surface area (TPSA) is 81.1 Å². The molecule has 0 bridgehead atoms. The van der Waals surface area contributed by atoms with Gasteiger partial charge in [-0.1, -0.05) is 43.6 Å². The number of nitrogens with zero attached hydrogens (tertiary/aromatic N) is 5. The van der Waals surface area contributed by atoms with Crippen molar-refractivity contribution in [3.8, 4) is 0 Å². The Kier molecular flexibility index (Phi) is 11.0. The van der Waals surface area contributed by atoms with Crippen LogP contribution in [0.3, 0.4) is 0 Å². The standard InChI is InChI=1S/C34H42N6O2.C2H4/c41-32(37-27-12-14-28(15-13-27)38-21-23-39(24-22-38)29-16-18-35-19-17-29)11-6-20-40-31-10-5-4-9-30(31)34(36-25-33(40)42)26-7-2-1-3-8-26;1-2/h4-5,9-10,12-19,26,30-31H,1-3,6-8,11,20-25H2,(H,37,41);1-2H2. The molecule has 3 heterocycles. The van der Waals surface area contributed by atoms with Crippen molar-refractivity contribution in [2.75, 3.05) is 54.4 Å². The van der Waals surface area contributed by atoms with E-state index in [9.17, 15) is 9.59 Å². The summed E-state index contributed by atoms with van der Waals surface area (Å²) in [6.45, 7) is 10.6. The van der Waals surface area contributed by atoms with Gasteiger partial charge in [0.2, 0.25) is 11.8 Å². The Bertz CT molecular complexity index is 1320. The number of fused-ring (bicyclic) bond motifs is 1. The van der Waals surface area contributed by atoms with E-state index in [1.165, 1.54) is 49.2 Å². The van der Waals surface area contributed by atoms with Gasteiger partial charge in [0.15, 0.2) is 0 Å². The summed E-state index contributed by atoms with van der Waals surface area (Å²) in [5.41, 5.74) is 4.40. The van der Waals surface area contributed by atoms with Crippen molar-refractivity contribution in [3.05, 3.63) is 86.3 Å². The third kappa shape index (κ3) is 7.65. The summed E-state index contributed by atoms with van der Waals surface area (Å²) in [7, 11) is 0. The largest absolute Gasteiger partial charge is 0.368 e. The highest BCUT2D eigenvalue weighted by molar-refractivity contribution is 5.96. The third-order valence-electron chi connectivity index (χ3n) is 9.17. The molecule has 2 fully saturated rings. The highest BCUT2D eigenvalue weighted by Gasteiger charge is 2.37. The summed E-state index contributed by atoms with van der Waals surface area (Å²) >= 11 is 0. The van der Waals surface area contributed by atoms with Gasteiger partial charge in [0.25, 0.3) is 0 Å². The van der Waals surface area contributed by atoms with Crippen LogP contribution < -0.4 is 15.1 Å². The quantitative estimate of drug-likeness (QED) is 0.385. The molecule has 0 spiro atoms. The summed E-state index contributed by atoms with van der Waals surface area (Å²) in [6.07, 6.45) is 19.3. The van der Waals surface area contributed by atoms with Gasteiger partial charge in [-0.15, -0.1) is 13.2 Å². The van der Waals surface area contributed by atoms with Crippen LogP contribution in [-0.2, 0) is 9.59 Å². The minimum absolute atomic E-state index is 0.00662. The lowest BCUT2D eigenvalue weighted by atomic mass is 9.77. The van der Waals surface area contributed by atoms with Gasteiger partial charge in [0, 0.05) is 80.2 Å². The van der Waals surface area contributed by atoms with E-state index < -0.39 is 0 Å². The van der Waals surface area contributed by atoms with Crippen molar-refractivity contribution in [3.63, 3.8) is 0 Å². The van der Waals surface area contributed by atoms with Crippen LogP contribution in [0, 0.1) is 11.8 Å². The number of aromatic nitrogens is 1. The minimum Gasteiger partial charge on any atom is -0.368 e. The van der Waals surface area contributed by atoms with E-state index in [0.29, 0.717) is 25.3 Å². The Labute approximate surface area is 262 Å². The van der Waals surface area contributed by atoms with Crippen LogP contribution in [0.1, 0.15) is 44.9 Å². The zero-order valence-electron chi connectivity index (χ0n) is 25.8. The summed E-state index contributed by atoms with van der Waals surface area (Å²) in [4.78, 5) is 41.7. The fourth-order valence-electron chi connectivity index (χ4n) is 6.93. The van der Waals surface area contributed by atoms with Gasteiger partial charge in [-0.3, -0.25) is 19.6 Å². The second kappa shape index (κ2) is 15.5. The molecule has 6 rings (SSSR count). The summed E-state index contributed by atoms with van der Waals surface area (Å²) in [5, 5.41) is 3.05. The van der Waals surface area contributed by atoms with Crippen LogP contribution in [0.5, 0.6) is 0 Å². The monoisotopic (exact) mass is 594 g/mol. The van der Waals surface area contributed by atoms with Crippen molar-refractivity contribution >= 4 is 34.6 Å². The molecule has 2 unspecified atom stereocenters. The van der Waals surface area contributed by atoms with E-state index in [1.807, 2.05) is 35.5 Å². The molecule has 1 saturated carbocycles. The van der Waals surface area contributed by atoms with Gasteiger partial charge >= 0.3 is 0 Å². The van der Waals surface area contributed by atoms with Gasteiger partial charge in [0.05, 0.1) is 6.04 Å². The molecule has 2 aliphatic carbocycles. The Balaban J connectivity index is 0.00000188. The Morgan fingerprint density at radius 1 is 0.864 bits per heavy atom. The molecule has 1 aromatic heterocycles. The highest BCUT2D eigenvalue weighted by Crippen LogP contribution is 2.33. The molecule has 2 amide bonds. The lowest BCUT2D eigenvalue weighted by Crippen LogP contribution is -2.46. The number of benzene rings is 1. The molecule has 44 heavy (non-hydrogen) atoms. The van der Waals surface area contributed by atoms with E-state index in [4.69, 9.17) is 4.99 Å². The van der Waals surface area contributed by atoms with Crippen LogP contribution in [0.4, 0.5) is 17.1 Å². The third-order valence-corrected chi connectivity index (χ3v) is 9.17. The zero-order chi connectivity index (χ0) is 30.7. The van der Waals surface area contributed by atoms with Gasteiger partial charge in [-0.25, -0.2) is 0 Å². The fraction of sp³-hybridized carbons (Fsp3) is 0.444. The van der Waals surface area contributed by atoms with E-state index in [0.717, 1.165) is 31.9 Å². The molecule has 2 atom stereocenters. The number of hydrogen-bond donors (Lipinski definition) is 1. The molecule has 1 N–H and O–H groups in total. The number of aliphatic imine (C=N–C) groups is 1. The number of pyridine rings is 1. The zero-order valence-corrected chi connectivity index (χ0v) is 25.8. The van der Waals surface area contributed by atoms with Crippen LogP contribution in [0.15, 0.2) is 91.2 Å². The van der Waals surface area contributed by atoms with E-state index >= 15 is 0 Å². The maximum atomic E-state index is 13.2. The van der Waals surface area contributed by atoms with Crippen molar-refractivity contribution in [1.29, 1.82) is 0 Å². The lowest BCUT2D eigenvalue weighted by molar-refractivity contribution is -0.131. The van der Waals surface area contributed by atoms with Crippen molar-refractivity contribution in [2.45, 2.75) is 51.0 Å². The second-order valence-corrected chi connectivity index (χ2v) is 11.8. The minimum atomic E-state index is -0.0224. The number of hydrogen-bond acceptors (Lipinski definition) is 6. The average Bonchev–Trinajstić information content (AvgIpc) is 3.23. The Hall–Kier alpha value is -4.20. The molecule has 2 aromatic rings. The first-order chi connectivity index (χ1) is 21.7. The van der Waals surface area contributed by atoms with Crippen molar-refractivity contribution in [1.82, 2.24) is 9.88 Å². The van der Waals surface area contributed by atoms with Crippen molar-refractivity contribution < 1.29 is 9.59 Å². The highest BCUT2D eigenvalue weighted by atomic mass is 16.2. The molecule has 8 heteroatoms. The first-order valence-corrected chi connectivity index (χ1v) is 16.1. The number of anilines is 3. The Morgan fingerprint density at radius 3 is 2.18 bits per heavy atom. The molecular weight excluding hydrogens is 548 g/mol.